The highest BCUT2D eigenvalue weighted by Crippen LogP contribution is 2.47. The van der Waals surface area contributed by atoms with Crippen LogP contribution in [0.4, 0.5) is 5.69 Å². The maximum Gasteiger partial charge on any atom is 0.264 e. The van der Waals surface area contributed by atoms with Gasteiger partial charge in [0.2, 0.25) is 10.0 Å². The average Bonchev–Trinajstić information content (AvgIpc) is 3.10. The third-order valence-electron chi connectivity index (χ3n) is 11.1. The zero-order valence-electron chi connectivity index (χ0n) is 26.3. The van der Waals surface area contributed by atoms with E-state index >= 15 is 0 Å². The Morgan fingerprint density at radius 2 is 1.91 bits per heavy atom. The third-order valence-corrected chi connectivity index (χ3v) is 13.3. The number of halogens is 1. The summed E-state index contributed by atoms with van der Waals surface area (Å²) in [7, 11) is 0.0311. The van der Waals surface area contributed by atoms with E-state index in [9.17, 15) is 18.3 Å². The Morgan fingerprint density at radius 3 is 2.64 bits per heavy atom. The van der Waals surface area contributed by atoms with Crippen LogP contribution in [0.2, 0.25) is 5.02 Å². The van der Waals surface area contributed by atoms with E-state index in [4.69, 9.17) is 16.3 Å². The fraction of sp³-hybridized carbons (Fsp3) is 0.618. The van der Waals surface area contributed by atoms with Gasteiger partial charge in [0.25, 0.3) is 5.91 Å². The van der Waals surface area contributed by atoms with Crippen LogP contribution in [-0.2, 0) is 21.9 Å². The van der Waals surface area contributed by atoms with Crippen LogP contribution >= 0.6 is 11.6 Å². The highest BCUT2D eigenvalue weighted by Gasteiger charge is 2.45. The van der Waals surface area contributed by atoms with Crippen LogP contribution < -0.4 is 14.4 Å². The summed E-state index contributed by atoms with van der Waals surface area (Å²) < 4.78 is 35.8. The van der Waals surface area contributed by atoms with Crippen molar-refractivity contribution in [3.05, 3.63) is 58.1 Å². The van der Waals surface area contributed by atoms with Crippen LogP contribution in [0.25, 0.3) is 0 Å². The number of aliphatic hydroxyl groups is 1. The molecule has 2 aromatic carbocycles. The largest absolute Gasteiger partial charge is 0.490 e. The molecule has 2 bridgehead atoms. The topological polar surface area (TPSA) is 99.2 Å². The summed E-state index contributed by atoms with van der Waals surface area (Å²) in [5.74, 6) is 0.303. The van der Waals surface area contributed by atoms with Crippen molar-refractivity contribution in [3.8, 4) is 5.75 Å². The number of carbonyl (C=O) groups excluding carboxylic acids is 1. The molecule has 0 radical (unpaired) electrons. The van der Waals surface area contributed by atoms with E-state index in [0.29, 0.717) is 37.7 Å². The molecular formula is C34H46ClN3O5S. The van der Waals surface area contributed by atoms with Crippen LogP contribution in [0.15, 0.2) is 36.4 Å². The summed E-state index contributed by atoms with van der Waals surface area (Å²) in [5.41, 5.74) is 3.35. The van der Waals surface area contributed by atoms with E-state index in [1.807, 2.05) is 27.1 Å². The van der Waals surface area contributed by atoms with Crippen molar-refractivity contribution in [3.63, 3.8) is 0 Å². The maximum atomic E-state index is 13.5. The maximum absolute atomic E-state index is 13.5. The lowest BCUT2D eigenvalue weighted by atomic mass is 9.67. The monoisotopic (exact) mass is 643 g/mol. The Hall–Kier alpha value is -2.33. The molecule has 6 rings (SSSR count). The molecule has 7 atom stereocenters. The predicted molar refractivity (Wildman–Crippen MR) is 174 cm³/mol. The molecular weight excluding hydrogens is 598 g/mol. The number of hydrogen-bond donors (Lipinski definition) is 2. The second-order valence-corrected chi connectivity index (χ2v) is 16.6. The lowest BCUT2D eigenvalue weighted by molar-refractivity contribution is -0.00542. The van der Waals surface area contributed by atoms with E-state index < -0.39 is 27.3 Å². The first-order chi connectivity index (χ1) is 20.9. The number of amides is 1. The number of aliphatic hydroxyl groups excluding tert-OH is 1. The van der Waals surface area contributed by atoms with Gasteiger partial charge in [0.1, 0.15) is 5.75 Å². The highest BCUT2D eigenvalue weighted by molar-refractivity contribution is 7.90. The number of fused-ring (bicyclic) bond motifs is 4. The summed E-state index contributed by atoms with van der Waals surface area (Å²) in [6.07, 6.45) is 5.68. The first-order valence-electron chi connectivity index (χ1n) is 16.1. The molecule has 4 aliphatic rings. The Kier molecular flexibility index (Phi) is 8.72. The van der Waals surface area contributed by atoms with E-state index in [1.54, 1.807) is 25.1 Å². The smallest absolute Gasteiger partial charge is 0.264 e. The van der Waals surface area contributed by atoms with Gasteiger partial charge < -0.3 is 19.6 Å². The lowest BCUT2D eigenvalue weighted by Gasteiger charge is -2.46. The normalized spacial score (nSPS) is 33.8. The molecule has 1 spiro atoms. The number of nitrogens with one attached hydrogen (secondary N) is 1. The quantitative estimate of drug-likeness (QED) is 0.451. The van der Waals surface area contributed by atoms with Gasteiger partial charge in [0, 0.05) is 35.1 Å². The standard InChI is InChI=1S/C34H46ClN3O5S/c1-21-14-27(37(3)4)17-31(39)28-10-7-25(28)18-38-19-34(13-5-6-23-15-26(35)9-11-29(23)34)20-43-32-12-8-24(16-30(32)38)33(40)36-44(41,42)22(21)2/h8-9,11-12,15-16,21-22,25,27-28,31,39H,5-7,10,13-14,17-20H2,1-4H3,(H,36,40)/t21-,22-,25+,27+,28-,31+,34+/m1/s1. The minimum absolute atomic E-state index is 0.0160. The van der Waals surface area contributed by atoms with Gasteiger partial charge >= 0.3 is 0 Å². The van der Waals surface area contributed by atoms with Crippen LogP contribution in [0.1, 0.15) is 73.9 Å². The molecule has 1 saturated carbocycles. The fourth-order valence-corrected chi connectivity index (χ4v) is 9.53. The molecule has 8 nitrogen and oxygen atoms in total. The van der Waals surface area contributed by atoms with Crippen molar-refractivity contribution >= 4 is 33.2 Å². The van der Waals surface area contributed by atoms with Gasteiger partial charge in [-0.2, -0.15) is 0 Å². The Morgan fingerprint density at radius 1 is 1.11 bits per heavy atom. The van der Waals surface area contributed by atoms with Gasteiger partial charge in [-0.1, -0.05) is 24.6 Å². The average molecular weight is 644 g/mol. The molecule has 44 heavy (non-hydrogen) atoms. The number of aryl methyl sites for hydroxylation is 1. The van der Waals surface area contributed by atoms with Crippen molar-refractivity contribution in [1.29, 1.82) is 0 Å². The second kappa shape index (κ2) is 12.1. The zero-order valence-corrected chi connectivity index (χ0v) is 27.8. The van der Waals surface area contributed by atoms with E-state index in [2.05, 4.69) is 26.7 Å². The number of ether oxygens (including phenoxy) is 1. The minimum Gasteiger partial charge on any atom is -0.490 e. The van der Waals surface area contributed by atoms with Crippen molar-refractivity contribution in [2.24, 2.45) is 17.8 Å². The van der Waals surface area contributed by atoms with Gasteiger partial charge in [0.15, 0.2) is 0 Å². The zero-order chi connectivity index (χ0) is 31.4. The number of benzene rings is 2. The van der Waals surface area contributed by atoms with Gasteiger partial charge in [-0.25, -0.2) is 13.1 Å². The van der Waals surface area contributed by atoms with Crippen molar-refractivity contribution < 1.29 is 23.1 Å². The number of sulfonamides is 1. The number of anilines is 1. The third kappa shape index (κ3) is 5.97. The molecule has 0 unspecified atom stereocenters. The van der Waals surface area contributed by atoms with Gasteiger partial charge in [0.05, 0.1) is 23.6 Å². The molecule has 10 heteroatoms. The predicted octanol–water partition coefficient (Wildman–Crippen LogP) is 5.01. The van der Waals surface area contributed by atoms with E-state index in [0.717, 1.165) is 49.4 Å². The summed E-state index contributed by atoms with van der Waals surface area (Å²) in [6.45, 7) is 5.51. The molecule has 0 aromatic heterocycles. The summed E-state index contributed by atoms with van der Waals surface area (Å²) in [4.78, 5) is 17.9. The molecule has 2 aliphatic carbocycles. The van der Waals surface area contributed by atoms with Crippen LogP contribution in [0, 0.1) is 17.8 Å². The Balaban J connectivity index is 1.42. The summed E-state index contributed by atoms with van der Waals surface area (Å²) in [5, 5.41) is 11.5. The van der Waals surface area contributed by atoms with Crippen LogP contribution in [0.3, 0.4) is 0 Å². The molecule has 2 aromatic rings. The fourth-order valence-electron chi connectivity index (χ4n) is 8.05. The SMILES string of the molecule is C[C@@H]1C[C@H](N(C)C)C[C@H](O)[C@@H]2CC[C@H]2CN2C[C@@]3(CCCc4cc(Cl)ccc43)COc3ccc(cc32)C(=O)NS(=O)(=O)[C@@H]1C. The molecule has 2 heterocycles. The lowest BCUT2D eigenvalue weighted by Crippen LogP contribution is -2.50. The van der Waals surface area contributed by atoms with Gasteiger partial charge in [-0.05, 0) is 125 Å². The van der Waals surface area contributed by atoms with Crippen LogP contribution in [0.5, 0.6) is 5.75 Å². The molecule has 2 aliphatic heterocycles. The first-order valence-corrected chi connectivity index (χ1v) is 18.0. The van der Waals surface area contributed by atoms with Gasteiger partial charge in [-0.15, -0.1) is 0 Å². The summed E-state index contributed by atoms with van der Waals surface area (Å²) >= 11 is 6.41. The summed E-state index contributed by atoms with van der Waals surface area (Å²) in [6, 6.07) is 11.5. The molecule has 240 valence electrons. The molecule has 0 saturated heterocycles. The number of rotatable bonds is 1. The Labute approximate surface area is 267 Å². The van der Waals surface area contributed by atoms with Crippen molar-refractivity contribution in [2.45, 2.75) is 81.6 Å². The minimum atomic E-state index is -3.94. The van der Waals surface area contributed by atoms with Crippen molar-refractivity contribution in [2.75, 3.05) is 38.7 Å². The Bertz CT molecular complexity index is 1520. The second-order valence-electron chi connectivity index (χ2n) is 14.1. The number of hydrogen-bond acceptors (Lipinski definition) is 7. The van der Waals surface area contributed by atoms with Crippen LogP contribution in [-0.4, -0.2) is 75.5 Å². The van der Waals surface area contributed by atoms with Crippen molar-refractivity contribution in [1.82, 2.24) is 9.62 Å². The molecule has 2 N–H and O–H groups in total. The number of carbonyl (C=O) groups is 1. The molecule has 1 amide bonds. The highest BCUT2D eigenvalue weighted by atomic mass is 35.5. The van der Waals surface area contributed by atoms with E-state index in [1.165, 1.54) is 11.1 Å². The molecule has 1 fully saturated rings. The first kappa shape index (κ1) is 31.6. The number of nitrogens with zero attached hydrogens (tertiary/aromatic N) is 2. The van der Waals surface area contributed by atoms with E-state index in [-0.39, 0.29) is 28.9 Å². The van der Waals surface area contributed by atoms with Gasteiger partial charge in [-0.3, -0.25) is 4.79 Å².